The first-order valence-electron chi connectivity index (χ1n) is 4.30. The molecule has 0 unspecified atom stereocenters. The maximum atomic E-state index is 11.6. The summed E-state index contributed by atoms with van der Waals surface area (Å²) in [6, 6.07) is 6.00. The molecule has 0 radical (unpaired) electrons. The van der Waals surface area contributed by atoms with Gasteiger partial charge in [0.05, 0.1) is 11.1 Å². The largest absolute Gasteiger partial charge is 1.00 e. The predicted octanol–water partition coefficient (Wildman–Crippen LogP) is -5.64. The molecule has 2 amide bonds. The fourth-order valence-corrected chi connectivity index (χ4v) is 2.08. The van der Waals surface area contributed by atoms with Crippen LogP contribution in [0.3, 0.4) is 0 Å². The van der Waals surface area contributed by atoms with Crippen LogP contribution in [0.1, 0.15) is 23.6 Å². The number of nitrogens with zero attached hydrogens (tertiary/aromatic N) is 1. The topological polar surface area (TPSA) is 91.8 Å². The van der Waals surface area contributed by atoms with Crippen LogP contribution in [-0.2, 0) is 10.1 Å². The van der Waals surface area contributed by atoms with Crippen molar-refractivity contribution in [1.82, 2.24) is 4.90 Å². The van der Waals surface area contributed by atoms with Crippen LogP contribution in [0, 0.1) is 0 Å². The Hall–Kier alpha value is 0.906. The number of benzene rings is 1. The third-order valence-electron chi connectivity index (χ3n) is 2.17. The van der Waals surface area contributed by atoms with Crippen molar-refractivity contribution in [2.45, 2.75) is 0 Å². The van der Waals surface area contributed by atoms with Gasteiger partial charge in [0.25, 0.3) is 21.9 Å². The second-order valence-corrected chi connectivity index (χ2v) is 4.72. The summed E-state index contributed by atoms with van der Waals surface area (Å²) in [5.74, 6) is -2.43. The van der Waals surface area contributed by atoms with Crippen molar-refractivity contribution < 1.29 is 106 Å². The second-order valence-electron chi connectivity index (χ2n) is 3.29. The number of imide groups is 1. The molecular formula is C9H9KNNaO5S. The van der Waals surface area contributed by atoms with Gasteiger partial charge in [-0.3, -0.25) is 19.0 Å². The van der Waals surface area contributed by atoms with Gasteiger partial charge in [0.15, 0.2) is 5.88 Å². The van der Waals surface area contributed by atoms with Crippen LogP contribution in [-0.4, -0.2) is 35.6 Å². The van der Waals surface area contributed by atoms with E-state index in [1.165, 1.54) is 12.1 Å². The average molecular weight is 305 g/mol. The van der Waals surface area contributed by atoms with Crippen LogP contribution in [0.2, 0.25) is 0 Å². The monoisotopic (exact) mass is 305 g/mol. The van der Waals surface area contributed by atoms with Gasteiger partial charge >= 0.3 is 80.9 Å². The van der Waals surface area contributed by atoms with E-state index in [1.807, 2.05) is 0 Å². The summed E-state index contributed by atoms with van der Waals surface area (Å²) in [5, 5.41) is 0. The quantitative estimate of drug-likeness (QED) is 0.334. The van der Waals surface area contributed by atoms with Crippen LogP contribution in [0.5, 0.6) is 0 Å². The van der Waals surface area contributed by atoms with Crippen LogP contribution in [0.15, 0.2) is 24.3 Å². The van der Waals surface area contributed by atoms with Gasteiger partial charge < -0.3 is 2.85 Å². The molecule has 18 heavy (non-hydrogen) atoms. The Kier molecular flexibility index (Phi) is 7.43. The molecule has 1 aliphatic rings. The summed E-state index contributed by atoms with van der Waals surface area (Å²) in [6.45, 7) is 0. The normalized spacial score (nSPS) is 13.7. The minimum Gasteiger partial charge on any atom is -1.00 e. The van der Waals surface area contributed by atoms with E-state index < -0.39 is 27.8 Å². The summed E-state index contributed by atoms with van der Waals surface area (Å²) < 4.78 is 29.9. The van der Waals surface area contributed by atoms with Crippen molar-refractivity contribution in [2.24, 2.45) is 0 Å². The van der Waals surface area contributed by atoms with Gasteiger partial charge in [0.1, 0.15) is 0 Å². The van der Waals surface area contributed by atoms with Crippen molar-refractivity contribution in [2.75, 3.05) is 5.88 Å². The molecule has 6 nitrogen and oxygen atoms in total. The molecule has 0 aliphatic carbocycles. The Balaban J connectivity index is -0.000000722. The first-order valence-corrected chi connectivity index (χ1v) is 5.91. The van der Waals surface area contributed by atoms with Crippen LogP contribution in [0.25, 0.3) is 0 Å². The Labute approximate surface area is 172 Å². The van der Waals surface area contributed by atoms with E-state index in [4.69, 9.17) is 4.55 Å². The SMILES string of the molecule is O=C1c2ccccc2C(=O)N1CS(=O)(=O)O.[H-].[H-].[K+].[Na+]. The third-order valence-corrected chi connectivity index (χ3v) is 2.75. The molecule has 9 heteroatoms. The van der Waals surface area contributed by atoms with E-state index in [0.29, 0.717) is 4.90 Å². The molecule has 0 spiro atoms. The van der Waals surface area contributed by atoms with E-state index in [2.05, 4.69) is 0 Å². The molecule has 0 saturated heterocycles. The molecule has 0 aromatic heterocycles. The Morgan fingerprint density at radius 3 is 1.83 bits per heavy atom. The zero-order valence-electron chi connectivity index (χ0n) is 12.0. The molecule has 2 rings (SSSR count). The Morgan fingerprint density at radius 1 is 1.11 bits per heavy atom. The Bertz CT molecular complexity index is 563. The number of hydrogen-bond donors (Lipinski definition) is 1. The summed E-state index contributed by atoms with van der Waals surface area (Å²) >= 11 is 0. The van der Waals surface area contributed by atoms with E-state index in [9.17, 15) is 18.0 Å². The third kappa shape index (κ3) is 3.95. The number of amides is 2. The number of rotatable bonds is 2. The summed E-state index contributed by atoms with van der Waals surface area (Å²) in [5.41, 5.74) is 0.298. The van der Waals surface area contributed by atoms with Gasteiger partial charge in [-0.1, -0.05) is 12.1 Å². The number of fused-ring (bicyclic) bond motifs is 1. The maximum Gasteiger partial charge on any atom is 1.00 e. The second kappa shape index (κ2) is 7.07. The zero-order chi connectivity index (χ0) is 11.9. The zero-order valence-corrected chi connectivity index (χ0v) is 15.9. The fraction of sp³-hybridized carbons (Fsp3) is 0.111. The number of carbonyl (C=O) groups is 2. The summed E-state index contributed by atoms with van der Waals surface area (Å²) in [6.07, 6.45) is 0. The standard InChI is InChI=1S/C9H7NO5S.K.Na.2H/c11-8-6-3-1-2-4-7(6)9(12)10(8)5-16(13,14)15;;;;/h1-4H,5H2,(H,13,14,15);;;;/q;2*+1;2*-1. The molecule has 1 heterocycles. The van der Waals surface area contributed by atoms with Crippen LogP contribution < -0.4 is 80.9 Å². The van der Waals surface area contributed by atoms with Gasteiger partial charge in [-0.15, -0.1) is 0 Å². The van der Waals surface area contributed by atoms with Crippen LogP contribution >= 0.6 is 0 Å². The molecular weight excluding hydrogens is 296 g/mol. The minimum atomic E-state index is -4.41. The average Bonchev–Trinajstić information content (AvgIpc) is 2.43. The molecule has 0 atom stereocenters. The molecule has 1 N–H and O–H groups in total. The van der Waals surface area contributed by atoms with Crippen molar-refractivity contribution in [1.29, 1.82) is 0 Å². The van der Waals surface area contributed by atoms with Crippen molar-refractivity contribution in [3.8, 4) is 0 Å². The van der Waals surface area contributed by atoms with E-state index in [-0.39, 0.29) is 94.9 Å². The van der Waals surface area contributed by atoms with Crippen LogP contribution in [0.4, 0.5) is 0 Å². The molecule has 0 fully saturated rings. The number of carbonyl (C=O) groups excluding carboxylic acids is 2. The minimum absolute atomic E-state index is 0. The molecule has 0 saturated carbocycles. The van der Waals surface area contributed by atoms with E-state index >= 15 is 0 Å². The number of hydrogen-bond acceptors (Lipinski definition) is 4. The first kappa shape index (κ1) is 18.9. The summed E-state index contributed by atoms with van der Waals surface area (Å²) in [4.78, 5) is 23.7. The van der Waals surface area contributed by atoms with E-state index in [1.54, 1.807) is 12.1 Å². The molecule has 0 bridgehead atoms. The Morgan fingerprint density at radius 2 is 1.50 bits per heavy atom. The van der Waals surface area contributed by atoms with E-state index in [0.717, 1.165) is 0 Å². The van der Waals surface area contributed by atoms with Crippen molar-refractivity contribution >= 4 is 21.9 Å². The predicted molar refractivity (Wildman–Crippen MR) is 55.6 cm³/mol. The fourth-order valence-electron chi connectivity index (χ4n) is 1.52. The molecule has 88 valence electrons. The van der Waals surface area contributed by atoms with Crippen molar-refractivity contribution in [3.05, 3.63) is 35.4 Å². The van der Waals surface area contributed by atoms with Gasteiger partial charge in [0.2, 0.25) is 0 Å². The van der Waals surface area contributed by atoms with Gasteiger partial charge in [-0.05, 0) is 12.1 Å². The molecule has 1 aromatic carbocycles. The summed E-state index contributed by atoms with van der Waals surface area (Å²) in [7, 11) is -4.41. The molecule has 1 aliphatic heterocycles. The van der Waals surface area contributed by atoms with Gasteiger partial charge in [0, 0.05) is 0 Å². The maximum absolute atomic E-state index is 11.6. The van der Waals surface area contributed by atoms with Gasteiger partial charge in [-0.25, -0.2) is 0 Å². The van der Waals surface area contributed by atoms with Gasteiger partial charge in [-0.2, -0.15) is 8.42 Å². The molecule has 1 aromatic rings. The van der Waals surface area contributed by atoms with Crippen molar-refractivity contribution in [3.63, 3.8) is 0 Å². The smallest absolute Gasteiger partial charge is 1.00 e. The first-order chi connectivity index (χ1) is 7.40.